The molecule has 0 bridgehead atoms. The van der Waals surface area contributed by atoms with Gasteiger partial charge in [0.15, 0.2) is 0 Å². The van der Waals surface area contributed by atoms with Crippen LogP contribution in [0.1, 0.15) is 35.3 Å². The molecule has 25 heavy (non-hydrogen) atoms. The molecule has 1 aliphatic rings. The Morgan fingerprint density at radius 2 is 2.04 bits per heavy atom. The fraction of sp³-hybridized carbons (Fsp3) is 0.286. The predicted molar refractivity (Wildman–Crippen MR) is 101 cm³/mol. The first-order valence-corrected chi connectivity index (χ1v) is 8.88. The van der Waals surface area contributed by atoms with Crippen molar-refractivity contribution in [3.05, 3.63) is 71.9 Å². The Morgan fingerprint density at radius 3 is 2.88 bits per heavy atom. The molecule has 2 atom stereocenters. The zero-order valence-electron chi connectivity index (χ0n) is 14.4. The van der Waals surface area contributed by atoms with Crippen molar-refractivity contribution in [2.24, 2.45) is 0 Å². The summed E-state index contributed by atoms with van der Waals surface area (Å²) in [5.74, 6) is 0.00992. The van der Waals surface area contributed by atoms with Gasteiger partial charge < -0.3 is 10.3 Å². The number of carbonyl (C=O) groups excluding carboxylic acids is 1. The highest BCUT2D eigenvalue weighted by atomic mass is 16.1. The lowest BCUT2D eigenvalue weighted by molar-refractivity contribution is 0.0936. The lowest BCUT2D eigenvalue weighted by atomic mass is 10.1. The number of benzene rings is 2. The van der Waals surface area contributed by atoms with Gasteiger partial charge in [-0.15, -0.1) is 0 Å². The molecule has 0 radical (unpaired) electrons. The summed E-state index contributed by atoms with van der Waals surface area (Å²) in [7, 11) is 0. The summed E-state index contributed by atoms with van der Waals surface area (Å²) in [5, 5.41) is 4.32. The van der Waals surface area contributed by atoms with E-state index in [2.05, 4.69) is 46.4 Å². The molecule has 3 aromatic rings. The van der Waals surface area contributed by atoms with E-state index in [0.717, 1.165) is 30.4 Å². The van der Waals surface area contributed by atoms with Crippen molar-refractivity contribution in [3.8, 4) is 0 Å². The maximum Gasteiger partial charge on any atom is 0.251 e. The molecule has 1 fully saturated rings. The number of hydrogen-bond acceptors (Lipinski definition) is 2. The molecular weight excluding hydrogens is 310 g/mol. The van der Waals surface area contributed by atoms with E-state index in [1.165, 1.54) is 5.56 Å². The van der Waals surface area contributed by atoms with Gasteiger partial charge in [0, 0.05) is 42.5 Å². The van der Waals surface area contributed by atoms with E-state index in [9.17, 15) is 4.79 Å². The Kier molecular flexibility index (Phi) is 4.28. The van der Waals surface area contributed by atoms with E-state index in [4.69, 9.17) is 0 Å². The third kappa shape index (κ3) is 3.30. The van der Waals surface area contributed by atoms with Gasteiger partial charge in [-0.05, 0) is 42.5 Å². The van der Waals surface area contributed by atoms with Gasteiger partial charge in [-0.1, -0.05) is 36.4 Å². The average molecular weight is 333 g/mol. The first-order valence-electron chi connectivity index (χ1n) is 8.88. The smallest absolute Gasteiger partial charge is 0.251 e. The number of nitrogens with zero attached hydrogens (tertiary/aromatic N) is 1. The van der Waals surface area contributed by atoms with Crippen LogP contribution in [0.5, 0.6) is 0 Å². The van der Waals surface area contributed by atoms with Crippen molar-refractivity contribution >= 4 is 16.8 Å². The fourth-order valence-electron chi connectivity index (χ4n) is 3.66. The third-order valence-electron chi connectivity index (χ3n) is 5.20. The number of carbonyl (C=O) groups is 1. The number of likely N-dealkylation sites (tertiary alicyclic amines) is 1. The maximum atomic E-state index is 12.6. The Labute approximate surface area is 147 Å². The zero-order chi connectivity index (χ0) is 17.2. The number of nitrogens with one attached hydrogen (secondary N) is 2. The molecule has 0 spiro atoms. The molecule has 2 N–H and O–H groups in total. The Balaban J connectivity index is 1.39. The largest absolute Gasteiger partial charge is 0.361 e. The van der Waals surface area contributed by atoms with Crippen molar-refractivity contribution in [1.82, 2.24) is 15.2 Å². The summed E-state index contributed by atoms with van der Waals surface area (Å²) >= 11 is 0. The number of aromatic nitrogens is 1. The summed E-state index contributed by atoms with van der Waals surface area (Å²) in [4.78, 5) is 18.2. The first-order chi connectivity index (χ1) is 12.2. The number of hydrogen-bond donors (Lipinski definition) is 2. The zero-order valence-corrected chi connectivity index (χ0v) is 14.4. The van der Waals surface area contributed by atoms with Crippen LogP contribution in [-0.4, -0.2) is 34.9 Å². The van der Waals surface area contributed by atoms with Crippen LogP contribution in [-0.2, 0) is 0 Å². The Hall–Kier alpha value is -2.59. The van der Waals surface area contributed by atoms with Gasteiger partial charge in [0.1, 0.15) is 0 Å². The summed E-state index contributed by atoms with van der Waals surface area (Å²) in [6, 6.07) is 18.9. The summed E-state index contributed by atoms with van der Waals surface area (Å²) in [6.07, 6.45) is 2.89. The van der Waals surface area contributed by atoms with E-state index in [-0.39, 0.29) is 11.9 Å². The van der Waals surface area contributed by atoms with Crippen LogP contribution in [0.15, 0.2) is 60.8 Å². The molecule has 1 aromatic heterocycles. The molecule has 1 aliphatic heterocycles. The maximum absolute atomic E-state index is 12.6. The average Bonchev–Trinajstić information content (AvgIpc) is 3.30. The predicted octanol–water partition coefficient (Wildman–Crippen LogP) is 3.73. The Morgan fingerprint density at radius 1 is 1.20 bits per heavy atom. The van der Waals surface area contributed by atoms with Crippen LogP contribution in [0.2, 0.25) is 0 Å². The van der Waals surface area contributed by atoms with E-state index in [0.29, 0.717) is 11.6 Å². The first kappa shape index (κ1) is 15.9. The fourth-order valence-corrected chi connectivity index (χ4v) is 3.66. The lowest BCUT2D eigenvalue weighted by Gasteiger charge is -2.24. The van der Waals surface area contributed by atoms with Gasteiger partial charge in [-0.25, -0.2) is 0 Å². The minimum atomic E-state index is 0.00992. The lowest BCUT2D eigenvalue weighted by Crippen LogP contribution is -2.37. The van der Waals surface area contributed by atoms with Crippen LogP contribution < -0.4 is 5.32 Å². The highest BCUT2D eigenvalue weighted by Gasteiger charge is 2.27. The number of fused-ring (bicyclic) bond motifs is 1. The number of aromatic amines is 1. The molecule has 1 amide bonds. The second-order valence-corrected chi connectivity index (χ2v) is 6.82. The molecule has 4 rings (SSSR count). The number of rotatable bonds is 4. The molecule has 0 unspecified atom stereocenters. The minimum Gasteiger partial charge on any atom is -0.361 e. The Bertz CT molecular complexity index is 871. The van der Waals surface area contributed by atoms with Crippen molar-refractivity contribution in [2.45, 2.75) is 25.4 Å². The van der Waals surface area contributed by atoms with Crippen LogP contribution in [0, 0.1) is 0 Å². The second kappa shape index (κ2) is 6.73. The van der Waals surface area contributed by atoms with Crippen LogP contribution in [0.3, 0.4) is 0 Å². The molecule has 0 saturated carbocycles. The van der Waals surface area contributed by atoms with Crippen LogP contribution >= 0.6 is 0 Å². The molecule has 4 heteroatoms. The quantitative estimate of drug-likeness (QED) is 0.764. The number of amides is 1. The standard InChI is InChI=1S/C21H23N3O/c1-15(16-5-3-2-4-6-16)24-12-10-19(14-24)23-21(25)18-8-7-17-9-11-22-20(17)13-18/h2-9,11,13,15,19,22H,10,12,14H2,1H3,(H,23,25)/t15-,19+/m1/s1. The number of H-pyrrole nitrogens is 1. The summed E-state index contributed by atoms with van der Waals surface area (Å²) < 4.78 is 0. The second-order valence-electron chi connectivity index (χ2n) is 6.82. The van der Waals surface area contributed by atoms with Gasteiger partial charge in [-0.2, -0.15) is 0 Å². The highest BCUT2D eigenvalue weighted by Crippen LogP contribution is 2.24. The normalized spacial score (nSPS) is 19.2. The van der Waals surface area contributed by atoms with Crippen molar-refractivity contribution in [2.75, 3.05) is 13.1 Å². The van der Waals surface area contributed by atoms with Gasteiger partial charge in [-0.3, -0.25) is 9.69 Å². The highest BCUT2D eigenvalue weighted by molar-refractivity contribution is 5.98. The van der Waals surface area contributed by atoms with Crippen LogP contribution in [0.4, 0.5) is 0 Å². The summed E-state index contributed by atoms with van der Waals surface area (Å²) in [5.41, 5.74) is 3.04. The van der Waals surface area contributed by atoms with Crippen LogP contribution in [0.25, 0.3) is 10.9 Å². The van der Waals surface area contributed by atoms with E-state index >= 15 is 0 Å². The molecule has 0 aliphatic carbocycles. The van der Waals surface area contributed by atoms with Gasteiger partial charge >= 0.3 is 0 Å². The molecule has 2 heterocycles. The topological polar surface area (TPSA) is 48.1 Å². The van der Waals surface area contributed by atoms with Gasteiger partial charge in [0.2, 0.25) is 0 Å². The molecule has 1 saturated heterocycles. The van der Waals surface area contributed by atoms with E-state index < -0.39 is 0 Å². The third-order valence-corrected chi connectivity index (χ3v) is 5.20. The molecule has 128 valence electrons. The molecule has 4 nitrogen and oxygen atoms in total. The minimum absolute atomic E-state index is 0.00992. The van der Waals surface area contributed by atoms with Gasteiger partial charge in [0.05, 0.1) is 0 Å². The van der Waals surface area contributed by atoms with Gasteiger partial charge in [0.25, 0.3) is 5.91 Å². The van der Waals surface area contributed by atoms with Crippen molar-refractivity contribution < 1.29 is 4.79 Å². The molecule has 2 aromatic carbocycles. The van der Waals surface area contributed by atoms with E-state index in [1.807, 2.05) is 36.5 Å². The SMILES string of the molecule is C[C@H](c1ccccc1)N1CC[C@H](NC(=O)c2ccc3cc[nH]c3c2)C1. The molecular formula is C21H23N3O. The van der Waals surface area contributed by atoms with Crippen molar-refractivity contribution in [1.29, 1.82) is 0 Å². The monoisotopic (exact) mass is 333 g/mol. The van der Waals surface area contributed by atoms with Crippen molar-refractivity contribution in [3.63, 3.8) is 0 Å². The van der Waals surface area contributed by atoms with E-state index in [1.54, 1.807) is 0 Å². The summed E-state index contributed by atoms with van der Waals surface area (Å²) in [6.45, 7) is 4.14.